The van der Waals surface area contributed by atoms with Gasteiger partial charge in [0.15, 0.2) is 5.78 Å². The zero-order valence-electron chi connectivity index (χ0n) is 7.44. The fourth-order valence-corrected chi connectivity index (χ4v) is 1.51. The summed E-state index contributed by atoms with van der Waals surface area (Å²) in [6.07, 6.45) is 3.14. The molecule has 0 aromatic heterocycles. The first-order chi connectivity index (χ1) is 6.75. The number of halogens is 1. The van der Waals surface area contributed by atoms with Crippen LogP contribution in [0.5, 0.6) is 0 Å². The molecule has 1 aromatic rings. The van der Waals surface area contributed by atoms with Gasteiger partial charge in [0.2, 0.25) is 0 Å². The van der Waals surface area contributed by atoms with Crippen LogP contribution in [0, 0.1) is 0 Å². The Hall–Kier alpha value is -1.28. The van der Waals surface area contributed by atoms with Gasteiger partial charge in [0.25, 0.3) is 0 Å². The lowest BCUT2D eigenvalue weighted by Gasteiger charge is -2.18. The van der Waals surface area contributed by atoms with Crippen LogP contribution in [-0.2, 0) is 9.53 Å². The number of ether oxygens (including phenoxy) is 1. The fraction of sp³-hybridized carbons (Fsp3) is 0.182. The van der Waals surface area contributed by atoms with Gasteiger partial charge in [-0.15, -0.1) is 0 Å². The summed E-state index contributed by atoms with van der Waals surface area (Å²) in [4.78, 5) is 11.1. The molecule has 2 nitrogen and oxygen atoms in total. The molecular formula is C11H9ClO2. The van der Waals surface area contributed by atoms with Crippen LogP contribution in [0.1, 0.15) is 18.1 Å². The van der Waals surface area contributed by atoms with E-state index in [-0.39, 0.29) is 11.9 Å². The van der Waals surface area contributed by atoms with Crippen molar-refractivity contribution in [1.82, 2.24) is 0 Å². The molecule has 0 radical (unpaired) electrons. The number of hydrogen-bond donors (Lipinski definition) is 0. The maximum atomic E-state index is 11.1. The van der Waals surface area contributed by atoms with Crippen LogP contribution in [0.15, 0.2) is 36.6 Å². The number of carbonyl (C=O) groups is 1. The van der Waals surface area contributed by atoms with Crippen molar-refractivity contribution in [3.8, 4) is 0 Å². The predicted molar refractivity (Wildman–Crippen MR) is 54.0 cm³/mol. The Morgan fingerprint density at radius 1 is 1.29 bits per heavy atom. The summed E-state index contributed by atoms with van der Waals surface area (Å²) in [5.41, 5.74) is 0.979. The topological polar surface area (TPSA) is 26.3 Å². The minimum Gasteiger partial charge on any atom is -0.493 e. The first-order valence-electron chi connectivity index (χ1n) is 4.36. The van der Waals surface area contributed by atoms with Crippen molar-refractivity contribution >= 4 is 17.4 Å². The molecule has 0 fully saturated rings. The molecule has 1 aliphatic rings. The average Bonchev–Trinajstić information content (AvgIpc) is 2.19. The van der Waals surface area contributed by atoms with E-state index in [9.17, 15) is 4.79 Å². The van der Waals surface area contributed by atoms with Gasteiger partial charge >= 0.3 is 0 Å². The zero-order valence-corrected chi connectivity index (χ0v) is 8.20. The van der Waals surface area contributed by atoms with Gasteiger partial charge in [-0.1, -0.05) is 23.7 Å². The van der Waals surface area contributed by atoms with E-state index in [0.29, 0.717) is 11.4 Å². The molecule has 72 valence electrons. The van der Waals surface area contributed by atoms with Gasteiger partial charge in [-0.2, -0.15) is 0 Å². The Balaban J connectivity index is 2.19. The van der Waals surface area contributed by atoms with Crippen molar-refractivity contribution in [2.24, 2.45) is 0 Å². The first-order valence-corrected chi connectivity index (χ1v) is 4.74. The van der Waals surface area contributed by atoms with Gasteiger partial charge in [0.05, 0.1) is 12.7 Å². The van der Waals surface area contributed by atoms with E-state index in [1.54, 1.807) is 12.1 Å². The molecule has 3 heteroatoms. The Morgan fingerprint density at radius 2 is 2.00 bits per heavy atom. The van der Waals surface area contributed by atoms with Crippen LogP contribution >= 0.6 is 11.6 Å². The second-order valence-electron chi connectivity index (χ2n) is 3.15. The van der Waals surface area contributed by atoms with Crippen molar-refractivity contribution in [3.63, 3.8) is 0 Å². The number of allylic oxidation sites excluding steroid dienone is 1. The molecule has 0 saturated heterocycles. The molecule has 0 N–H and O–H groups in total. The zero-order chi connectivity index (χ0) is 9.97. The maximum Gasteiger partial charge on any atom is 0.162 e. The molecule has 1 atom stereocenters. The van der Waals surface area contributed by atoms with Crippen molar-refractivity contribution in [1.29, 1.82) is 0 Å². The van der Waals surface area contributed by atoms with E-state index in [4.69, 9.17) is 16.3 Å². The van der Waals surface area contributed by atoms with Crippen LogP contribution in [-0.4, -0.2) is 5.78 Å². The number of rotatable bonds is 1. The van der Waals surface area contributed by atoms with E-state index >= 15 is 0 Å². The highest BCUT2D eigenvalue weighted by Gasteiger charge is 2.18. The van der Waals surface area contributed by atoms with Gasteiger partial charge < -0.3 is 4.74 Å². The Labute approximate surface area is 87.1 Å². The van der Waals surface area contributed by atoms with E-state index in [2.05, 4.69) is 0 Å². The lowest BCUT2D eigenvalue weighted by atomic mass is 10.0. The van der Waals surface area contributed by atoms with E-state index < -0.39 is 0 Å². The number of benzene rings is 1. The van der Waals surface area contributed by atoms with Gasteiger partial charge in [-0.05, 0) is 17.7 Å². The van der Waals surface area contributed by atoms with Crippen molar-refractivity contribution in [2.75, 3.05) is 0 Å². The van der Waals surface area contributed by atoms with Gasteiger partial charge in [-0.3, -0.25) is 4.79 Å². The third kappa shape index (κ3) is 1.96. The number of carbonyl (C=O) groups excluding carboxylic acids is 1. The summed E-state index contributed by atoms with van der Waals surface area (Å²) >= 11 is 5.76. The third-order valence-electron chi connectivity index (χ3n) is 2.13. The summed E-state index contributed by atoms with van der Waals surface area (Å²) in [5.74, 6) is 0.0937. The normalized spacial score (nSPS) is 20.6. The minimum atomic E-state index is -0.162. The third-order valence-corrected chi connectivity index (χ3v) is 2.38. The monoisotopic (exact) mass is 208 g/mol. The molecular weight excluding hydrogens is 200 g/mol. The lowest BCUT2D eigenvalue weighted by Crippen LogP contribution is -2.10. The minimum absolute atomic E-state index is 0.0937. The highest BCUT2D eigenvalue weighted by atomic mass is 35.5. The van der Waals surface area contributed by atoms with Crippen LogP contribution in [0.2, 0.25) is 5.02 Å². The average molecular weight is 209 g/mol. The van der Waals surface area contributed by atoms with E-state index in [1.165, 1.54) is 12.3 Å². The fourth-order valence-electron chi connectivity index (χ4n) is 1.38. The summed E-state index contributed by atoms with van der Waals surface area (Å²) in [5, 5.41) is 0.687. The summed E-state index contributed by atoms with van der Waals surface area (Å²) in [7, 11) is 0. The number of hydrogen-bond acceptors (Lipinski definition) is 2. The largest absolute Gasteiger partial charge is 0.493 e. The molecule has 1 aromatic carbocycles. The SMILES string of the molecule is O=C1C=COC(c2ccc(Cl)cc2)C1. The van der Waals surface area contributed by atoms with Crippen molar-refractivity contribution in [3.05, 3.63) is 47.2 Å². The second-order valence-corrected chi connectivity index (χ2v) is 3.59. The highest BCUT2D eigenvalue weighted by molar-refractivity contribution is 6.30. The Kier molecular flexibility index (Phi) is 2.55. The molecule has 0 aliphatic carbocycles. The Bertz CT molecular complexity index is 367. The van der Waals surface area contributed by atoms with Crippen molar-refractivity contribution < 1.29 is 9.53 Å². The van der Waals surface area contributed by atoms with Gasteiger partial charge in [-0.25, -0.2) is 0 Å². The van der Waals surface area contributed by atoms with Gasteiger partial charge in [0.1, 0.15) is 6.10 Å². The Morgan fingerprint density at radius 3 is 2.64 bits per heavy atom. The molecule has 0 amide bonds. The highest BCUT2D eigenvalue weighted by Crippen LogP contribution is 2.25. The molecule has 14 heavy (non-hydrogen) atoms. The molecule has 0 spiro atoms. The number of ketones is 1. The summed E-state index contributed by atoms with van der Waals surface area (Å²) < 4.78 is 5.33. The second kappa shape index (κ2) is 3.84. The molecule has 2 rings (SSSR count). The maximum absolute atomic E-state index is 11.1. The lowest BCUT2D eigenvalue weighted by molar-refractivity contribution is -0.118. The molecule has 1 unspecified atom stereocenters. The summed E-state index contributed by atoms with van der Waals surface area (Å²) in [6, 6.07) is 7.34. The summed E-state index contributed by atoms with van der Waals surface area (Å²) in [6.45, 7) is 0. The van der Waals surface area contributed by atoms with Crippen LogP contribution in [0.3, 0.4) is 0 Å². The first kappa shape index (κ1) is 9.28. The smallest absolute Gasteiger partial charge is 0.162 e. The van der Waals surface area contributed by atoms with Crippen molar-refractivity contribution in [2.45, 2.75) is 12.5 Å². The molecule has 1 aliphatic heterocycles. The quantitative estimate of drug-likeness (QED) is 0.710. The predicted octanol–water partition coefficient (Wildman–Crippen LogP) is 2.88. The molecule has 1 heterocycles. The van der Waals surface area contributed by atoms with Crippen LogP contribution in [0.4, 0.5) is 0 Å². The van der Waals surface area contributed by atoms with E-state index in [0.717, 1.165) is 5.56 Å². The van der Waals surface area contributed by atoms with E-state index in [1.807, 2.05) is 12.1 Å². The molecule has 0 saturated carbocycles. The standard InChI is InChI=1S/C11H9ClO2/c12-9-3-1-8(2-4-9)11-7-10(13)5-6-14-11/h1-6,11H,7H2. The van der Waals surface area contributed by atoms with Crippen LogP contribution < -0.4 is 0 Å². The van der Waals surface area contributed by atoms with Crippen LogP contribution in [0.25, 0.3) is 0 Å². The van der Waals surface area contributed by atoms with Gasteiger partial charge in [0, 0.05) is 11.1 Å². The molecule has 0 bridgehead atoms.